The highest BCUT2D eigenvalue weighted by molar-refractivity contribution is 7.93. The zero-order chi connectivity index (χ0) is 16.3. The number of nitrogens with zero attached hydrogens (tertiary/aromatic N) is 1. The Kier molecular flexibility index (Phi) is 3.94. The van der Waals surface area contributed by atoms with E-state index >= 15 is 0 Å². The van der Waals surface area contributed by atoms with Crippen LogP contribution in [0.1, 0.15) is 15.9 Å². The van der Waals surface area contributed by atoms with Gasteiger partial charge in [0, 0.05) is 5.56 Å². The van der Waals surface area contributed by atoms with E-state index in [1.54, 1.807) is 36.4 Å². The molecule has 0 saturated heterocycles. The highest BCUT2D eigenvalue weighted by atomic mass is 32.2. The third kappa shape index (κ3) is 3.64. The Labute approximate surface area is 132 Å². The molecule has 1 heterocycles. The monoisotopic (exact) mass is 327 g/mol. The lowest BCUT2D eigenvalue weighted by Crippen LogP contribution is -2.28. The summed E-state index contributed by atoms with van der Waals surface area (Å²) in [6, 6.07) is 13.7. The highest BCUT2D eigenvalue weighted by Gasteiger charge is 2.14. The SMILES string of the molecule is O=C(NS(=O)(=O)/C=C/c1ccccc1)c1ccc2nc[nH]c2c1. The van der Waals surface area contributed by atoms with Gasteiger partial charge in [0.1, 0.15) is 0 Å². The van der Waals surface area contributed by atoms with Crippen molar-refractivity contribution in [2.75, 3.05) is 0 Å². The van der Waals surface area contributed by atoms with Crippen molar-refractivity contribution in [3.05, 3.63) is 71.4 Å². The van der Waals surface area contributed by atoms with Gasteiger partial charge >= 0.3 is 0 Å². The van der Waals surface area contributed by atoms with Crippen LogP contribution >= 0.6 is 0 Å². The molecular weight excluding hydrogens is 314 g/mol. The normalized spacial score (nSPS) is 11.8. The van der Waals surface area contributed by atoms with Crippen LogP contribution in [0.15, 0.2) is 60.3 Å². The van der Waals surface area contributed by atoms with Gasteiger partial charge in [-0.05, 0) is 29.8 Å². The molecule has 0 radical (unpaired) electrons. The lowest BCUT2D eigenvalue weighted by Gasteiger charge is -2.03. The van der Waals surface area contributed by atoms with Gasteiger partial charge in [0.2, 0.25) is 0 Å². The molecule has 3 rings (SSSR count). The molecule has 23 heavy (non-hydrogen) atoms. The second-order valence-electron chi connectivity index (χ2n) is 4.82. The molecule has 1 aromatic heterocycles. The number of aromatic nitrogens is 2. The van der Waals surface area contributed by atoms with Crippen LogP contribution in [0.4, 0.5) is 0 Å². The fourth-order valence-corrected chi connectivity index (χ4v) is 2.81. The summed E-state index contributed by atoms with van der Waals surface area (Å²) in [5.74, 6) is -0.695. The van der Waals surface area contributed by atoms with Crippen LogP contribution in [-0.2, 0) is 10.0 Å². The van der Waals surface area contributed by atoms with E-state index in [-0.39, 0.29) is 5.56 Å². The molecular formula is C16H13N3O3S. The Morgan fingerprint density at radius 2 is 1.91 bits per heavy atom. The Bertz CT molecular complexity index is 976. The van der Waals surface area contributed by atoms with Crippen LogP contribution in [0, 0.1) is 0 Å². The maximum Gasteiger partial charge on any atom is 0.265 e. The number of benzene rings is 2. The molecule has 1 amide bonds. The second kappa shape index (κ2) is 6.05. The minimum absolute atomic E-state index is 0.235. The first-order valence-corrected chi connectivity index (χ1v) is 8.31. The second-order valence-corrected chi connectivity index (χ2v) is 6.39. The molecule has 0 aliphatic heterocycles. The number of amides is 1. The van der Waals surface area contributed by atoms with Gasteiger partial charge < -0.3 is 4.98 Å². The van der Waals surface area contributed by atoms with Gasteiger partial charge in [-0.3, -0.25) is 4.79 Å². The van der Waals surface area contributed by atoms with Gasteiger partial charge in [0.25, 0.3) is 15.9 Å². The van der Waals surface area contributed by atoms with Gasteiger partial charge in [0.15, 0.2) is 0 Å². The average molecular weight is 327 g/mol. The fourth-order valence-electron chi connectivity index (χ4n) is 2.03. The number of hydrogen-bond donors (Lipinski definition) is 2. The number of nitrogens with one attached hydrogen (secondary N) is 2. The lowest BCUT2D eigenvalue weighted by molar-refractivity contribution is 0.0982. The number of hydrogen-bond acceptors (Lipinski definition) is 4. The summed E-state index contributed by atoms with van der Waals surface area (Å²) in [5.41, 5.74) is 2.32. The fraction of sp³-hybridized carbons (Fsp3) is 0. The molecule has 0 fully saturated rings. The molecule has 0 aliphatic rings. The number of imidazole rings is 1. The summed E-state index contributed by atoms with van der Waals surface area (Å²) in [4.78, 5) is 19.0. The molecule has 0 saturated carbocycles. The van der Waals surface area contributed by atoms with E-state index in [4.69, 9.17) is 0 Å². The predicted octanol–water partition coefficient (Wildman–Crippen LogP) is 2.29. The van der Waals surface area contributed by atoms with Gasteiger partial charge in [-0.15, -0.1) is 0 Å². The van der Waals surface area contributed by atoms with Crippen molar-refractivity contribution < 1.29 is 13.2 Å². The highest BCUT2D eigenvalue weighted by Crippen LogP contribution is 2.12. The summed E-state index contributed by atoms with van der Waals surface area (Å²) in [6.45, 7) is 0. The molecule has 0 atom stereocenters. The molecule has 0 spiro atoms. The maximum atomic E-state index is 12.1. The summed E-state index contributed by atoms with van der Waals surface area (Å²) in [7, 11) is -3.87. The number of H-pyrrole nitrogens is 1. The topological polar surface area (TPSA) is 91.9 Å². The molecule has 7 heteroatoms. The minimum Gasteiger partial charge on any atom is -0.345 e. The van der Waals surface area contributed by atoms with Crippen LogP contribution in [0.2, 0.25) is 0 Å². The van der Waals surface area contributed by atoms with E-state index in [9.17, 15) is 13.2 Å². The van der Waals surface area contributed by atoms with Crippen LogP contribution in [0.25, 0.3) is 17.1 Å². The van der Waals surface area contributed by atoms with Crippen LogP contribution in [0.3, 0.4) is 0 Å². The van der Waals surface area contributed by atoms with Gasteiger partial charge in [0.05, 0.1) is 22.8 Å². The van der Waals surface area contributed by atoms with Crippen molar-refractivity contribution in [3.63, 3.8) is 0 Å². The molecule has 6 nitrogen and oxygen atoms in total. The number of fused-ring (bicyclic) bond motifs is 1. The van der Waals surface area contributed by atoms with E-state index in [0.717, 1.165) is 11.0 Å². The zero-order valence-electron chi connectivity index (χ0n) is 11.9. The van der Waals surface area contributed by atoms with E-state index in [2.05, 4.69) is 9.97 Å². The van der Waals surface area contributed by atoms with E-state index < -0.39 is 15.9 Å². The first kappa shape index (κ1) is 15.0. The quantitative estimate of drug-likeness (QED) is 0.769. The number of aromatic amines is 1. The first-order chi connectivity index (χ1) is 11.0. The Morgan fingerprint density at radius 3 is 2.70 bits per heavy atom. The summed E-state index contributed by atoms with van der Waals surface area (Å²) < 4.78 is 25.9. The molecule has 0 bridgehead atoms. The van der Waals surface area contributed by atoms with Crippen molar-refractivity contribution in [1.29, 1.82) is 0 Å². The van der Waals surface area contributed by atoms with E-state index in [1.165, 1.54) is 18.5 Å². The van der Waals surface area contributed by atoms with Crippen LogP contribution in [0.5, 0.6) is 0 Å². The Morgan fingerprint density at radius 1 is 1.13 bits per heavy atom. The summed E-state index contributed by atoms with van der Waals surface area (Å²) in [6.07, 6.45) is 2.93. The third-order valence-corrected chi connectivity index (χ3v) is 4.12. The molecule has 2 aromatic carbocycles. The molecule has 2 N–H and O–H groups in total. The molecule has 116 valence electrons. The zero-order valence-corrected chi connectivity index (χ0v) is 12.7. The standard InChI is InChI=1S/C16H13N3O3S/c20-16(13-6-7-14-15(10-13)18-11-17-14)19-23(21,22)9-8-12-4-2-1-3-5-12/h1-11H,(H,17,18)(H,19,20)/b9-8+. The Balaban J connectivity index is 1.76. The van der Waals surface area contributed by atoms with Crippen molar-refractivity contribution in [2.24, 2.45) is 0 Å². The average Bonchev–Trinajstić information content (AvgIpc) is 3.01. The number of carbonyl (C=O) groups is 1. The Hall–Kier alpha value is -2.93. The summed E-state index contributed by atoms with van der Waals surface area (Å²) >= 11 is 0. The van der Waals surface area contributed by atoms with Crippen LogP contribution in [-0.4, -0.2) is 24.3 Å². The summed E-state index contributed by atoms with van der Waals surface area (Å²) in [5, 5.41) is 0.967. The number of sulfonamides is 1. The third-order valence-electron chi connectivity index (χ3n) is 3.16. The smallest absolute Gasteiger partial charge is 0.265 e. The molecule has 0 aliphatic carbocycles. The van der Waals surface area contributed by atoms with Gasteiger partial charge in [-0.1, -0.05) is 30.3 Å². The first-order valence-electron chi connectivity index (χ1n) is 6.77. The number of rotatable bonds is 4. The van der Waals surface area contributed by atoms with Crippen molar-refractivity contribution in [3.8, 4) is 0 Å². The lowest BCUT2D eigenvalue weighted by atomic mass is 10.2. The van der Waals surface area contributed by atoms with Crippen LogP contribution < -0.4 is 4.72 Å². The van der Waals surface area contributed by atoms with Gasteiger partial charge in [-0.25, -0.2) is 18.1 Å². The predicted molar refractivity (Wildman–Crippen MR) is 88.0 cm³/mol. The van der Waals surface area contributed by atoms with E-state index in [1.807, 2.05) is 10.8 Å². The minimum atomic E-state index is -3.87. The number of carbonyl (C=O) groups excluding carboxylic acids is 1. The van der Waals surface area contributed by atoms with Gasteiger partial charge in [-0.2, -0.15) is 0 Å². The molecule has 0 unspecified atom stereocenters. The van der Waals surface area contributed by atoms with E-state index in [0.29, 0.717) is 11.0 Å². The van der Waals surface area contributed by atoms with Crippen molar-refractivity contribution in [1.82, 2.24) is 14.7 Å². The van der Waals surface area contributed by atoms with Crippen molar-refractivity contribution >= 4 is 33.0 Å². The largest absolute Gasteiger partial charge is 0.345 e. The molecule has 3 aromatic rings. The maximum absolute atomic E-state index is 12.1. The van der Waals surface area contributed by atoms with Crippen molar-refractivity contribution in [2.45, 2.75) is 0 Å².